The van der Waals surface area contributed by atoms with E-state index in [1.54, 1.807) is 30.5 Å². The Kier molecular flexibility index (Phi) is 6.17. The number of nitrogens with one attached hydrogen (secondary N) is 2. The summed E-state index contributed by atoms with van der Waals surface area (Å²) in [5.74, 6) is 0.490. The first kappa shape index (κ1) is 22.0. The Morgan fingerprint density at radius 3 is 2.32 bits per heavy atom. The van der Waals surface area contributed by atoms with Crippen LogP contribution in [0.4, 0.5) is 36.3 Å². The lowest BCUT2D eigenvalue weighted by atomic mass is 10.1. The second-order valence-corrected chi connectivity index (χ2v) is 7.73. The van der Waals surface area contributed by atoms with E-state index < -0.39 is 6.61 Å². The third-order valence-corrected chi connectivity index (χ3v) is 5.43. The zero-order valence-corrected chi connectivity index (χ0v) is 17.9. The van der Waals surface area contributed by atoms with Gasteiger partial charge >= 0.3 is 6.61 Å². The summed E-state index contributed by atoms with van der Waals surface area (Å²) in [4.78, 5) is 9.27. The molecule has 1 aliphatic rings. The standard InChI is InChI=1S/C23H21F3N6O2/c24-14-1-3-15(4-2-14)28-20-19-13-27-32(17-9-11-33-12-10-17)21(19)31-23(30-20)29-16-5-7-18(8-6-16)34-22(25)26/h1-8,13,17,22H,9-12H2,(H2,28,29,30,31). The summed E-state index contributed by atoms with van der Waals surface area (Å²) < 4.78 is 49.9. The molecule has 0 unspecified atom stereocenters. The van der Waals surface area contributed by atoms with Crippen LogP contribution in [0.1, 0.15) is 18.9 Å². The Labute approximate surface area is 192 Å². The van der Waals surface area contributed by atoms with E-state index in [0.29, 0.717) is 41.4 Å². The molecular formula is C23H21F3N6O2. The van der Waals surface area contributed by atoms with Crippen LogP contribution in [0.5, 0.6) is 5.75 Å². The van der Waals surface area contributed by atoms with Crippen molar-refractivity contribution < 1.29 is 22.6 Å². The van der Waals surface area contributed by atoms with Gasteiger partial charge in [0.1, 0.15) is 17.4 Å². The minimum Gasteiger partial charge on any atom is -0.435 e. The number of ether oxygens (including phenoxy) is 2. The molecule has 0 amide bonds. The van der Waals surface area contributed by atoms with Crippen LogP contribution in [0, 0.1) is 5.82 Å². The minimum atomic E-state index is -2.89. The minimum absolute atomic E-state index is 0.0492. The van der Waals surface area contributed by atoms with E-state index in [2.05, 4.69) is 30.4 Å². The van der Waals surface area contributed by atoms with E-state index in [0.717, 1.165) is 12.8 Å². The molecule has 11 heteroatoms. The smallest absolute Gasteiger partial charge is 0.387 e. The molecule has 34 heavy (non-hydrogen) atoms. The monoisotopic (exact) mass is 470 g/mol. The van der Waals surface area contributed by atoms with E-state index >= 15 is 0 Å². The van der Waals surface area contributed by atoms with Gasteiger partial charge < -0.3 is 20.1 Å². The normalized spacial score (nSPS) is 14.5. The molecule has 176 valence electrons. The highest BCUT2D eigenvalue weighted by Crippen LogP contribution is 2.30. The van der Waals surface area contributed by atoms with Crippen LogP contribution in [-0.2, 0) is 4.74 Å². The van der Waals surface area contributed by atoms with E-state index in [1.165, 1.54) is 24.3 Å². The lowest BCUT2D eigenvalue weighted by molar-refractivity contribution is -0.0498. The van der Waals surface area contributed by atoms with Gasteiger partial charge in [-0.3, -0.25) is 0 Å². The van der Waals surface area contributed by atoms with Gasteiger partial charge in [-0.2, -0.15) is 23.8 Å². The molecule has 0 spiro atoms. The molecule has 0 saturated carbocycles. The van der Waals surface area contributed by atoms with Gasteiger partial charge in [-0.15, -0.1) is 0 Å². The number of hydrogen-bond donors (Lipinski definition) is 2. The van der Waals surface area contributed by atoms with Gasteiger partial charge in [0.2, 0.25) is 5.95 Å². The van der Waals surface area contributed by atoms with Crippen molar-refractivity contribution in [2.45, 2.75) is 25.5 Å². The summed E-state index contributed by atoms with van der Waals surface area (Å²) in [6, 6.07) is 12.1. The van der Waals surface area contributed by atoms with E-state index in [1.807, 2.05) is 4.68 Å². The van der Waals surface area contributed by atoms with E-state index in [-0.39, 0.29) is 23.6 Å². The first-order valence-corrected chi connectivity index (χ1v) is 10.7. The van der Waals surface area contributed by atoms with Crippen molar-refractivity contribution in [1.82, 2.24) is 19.7 Å². The fourth-order valence-corrected chi connectivity index (χ4v) is 3.79. The molecule has 2 N–H and O–H groups in total. The highest BCUT2D eigenvalue weighted by atomic mass is 19.3. The quantitative estimate of drug-likeness (QED) is 0.374. The van der Waals surface area contributed by atoms with Crippen LogP contribution in [-0.4, -0.2) is 39.6 Å². The summed E-state index contributed by atoms with van der Waals surface area (Å²) in [6.07, 6.45) is 3.34. The number of alkyl halides is 2. The average Bonchev–Trinajstić information content (AvgIpc) is 3.26. The zero-order valence-electron chi connectivity index (χ0n) is 17.9. The van der Waals surface area contributed by atoms with Gasteiger partial charge in [0.05, 0.1) is 17.6 Å². The number of anilines is 4. The van der Waals surface area contributed by atoms with Gasteiger partial charge in [0, 0.05) is 24.6 Å². The van der Waals surface area contributed by atoms with Crippen LogP contribution >= 0.6 is 0 Å². The van der Waals surface area contributed by atoms with Crippen molar-refractivity contribution >= 4 is 34.2 Å². The number of halogens is 3. The molecule has 0 atom stereocenters. The molecule has 1 aliphatic heterocycles. The number of rotatable bonds is 7. The van der Waals surface area contributed by atoms with Gasteiger partial charge in [-0.1, -0.05) is 0 Å². The maximum Gasteiger partial charge on any atom is 0.387 e. The zero-order chi connectivity index (χ0) is 23.5. The maximum atomic E-state index is 13.4. The van der Waals surface area contributed by atoms with Crippen LogP contribution in [0.2, 0.25) is 0 Å². The summed E-state index contributed by atoms with van der Waals surface area (Å²) in [6.45, 7) is -1.60. The predicted octanol–water partition coefficient (Wildman–Crippen LogP) is 5.41. The molecule has 5 rings (SSSR count). The van der Waals surface area contributed by atoms with Crippen molar-refractivity contribution in [2.24, 2.45) is 0 Å². The van der Waals surface area contributed by atoms with E-state index in [9.17, 15) is 13.2 Å². The van der Waals surface area contributed by atoms with Crippen LogP contribution in [0.3, 0.4) is 0 Å². The Bertz CT molecular complexity index is 1260. The lowest BCUT2D eigenvalue weighted by Crippen LogP contribution is -2.20. The number of benzene rings is 2. The molecule has 2 aromatic carbocycles. The molecule has 1 saturated heterocycles. The summed E-state index contributed by atoms with van der Waals surface area (Å²) in [5.41, 5.74) is 1.87. The lowest BCUT2D eigenvalue weighted by Gasteiger charge is -2.22. The first-order chi connectivity index (χ1) is 16.5. The molecule has 2 aromatic heterocycles. The van der Waals surface area contributed by atoms with Crippen LogP contribution in [0.15, 0.2) is 54.7 Å². The van der Waals surface area contributed by atoms with Crippen molar-refractivity contribution in [3.8, 4) is 5.75 Å². The molecule has 3 heterocycles. The van der Waals surface area contributed by atoms with Gasteiger partial charge in [0.15, 0.2) is 5.65 Å². The highest BCUT2D eigenvalue weighted by Gasteiger charge is 2.21. The topological polar surface area (TPSA) is 86.1 Å². The van der Waals surface area contributed by atoms with Crippen molar-refractivity contribution in [1.29, 1.82) is 0 Å². The van der Waals surface area contributed by atoms with Crippen molar-refractivity contribution in [2.75, 3.05) is 23.8 Å². The highest BCUT2D eigenvalue weighted by molar-refractivity contribution is 5.89. The Balaban J connectivity index is 1.50. The molecule has 0 radical (unpaired) electrons. The number of fused-ring (bicyclic) bond motifs is 1. The first-order valence-electron chi connectivity index (χ1n) is 10.7. The molecule has 8 nitrogen and oxygen atoms in total. The number of aromatic nitrogens is 4. The SMILES string of the molecule is Fc1ccc(Nc2nc(Nc3ccc(OC(F)F)cc3)nc3c2cnn3C2CCOCC2)cc1. The Hall–Kier alpha value is -3.86. The van der Waals surface area contributed by atoms with Crippen LogP contribution in [0.25, 0.3) is 11.0 Å². The van der Waals surface area contributed by atoms with Crippen LogP contribution < -0.4 is 15.4 Å². The summed E-state index contributed by atoms with van der Waals surface area (Å²) in [7, 11) is 0. The summed E-state index contributed by atoms with van der Waals surface area (Å²) in [5, 5.41) is 11.6. The molecule has 4 aromatic rings. The average molecular weight is 470 g/mol. The van der Waals surface area contributed by atoms with Gasteiger partial charge in [0.25, 0.3) is 0 Å². The van der Waals surface area contributed by atoms with Gasteiger partial charge in [-0.25, -0.2) is 9.07 Å². The third-order valence-electron chi connectivity index (χ3n) is 5.43. The Morgan fingerprint density at radius 2 is 1.62 bits per heavy atom. The second kappa shape index (κ2) is 9.56. The predicted molar refractivity (Wildman–Crippen MR) is 120 cm³/mol. The number of nitrogens with zero attached hydrogens (tertiary/aromatic N) is 4. The molecule has 0 bridgehead atoms. The maximum absolute atomic E-state index is 13.4. The van der Waals surface area contributed by atoms with Gasteiger partial charge in [-0.05, 0) is 61.4 Å². The van der Waals surface area contributed by atoms with E-state index in [4.69, 9.17) is 4.74 Å². The molecule has 0 aliphatic carbocycles. The van der Waals surface area contributed by atoms with Crippen molar-refractivity contribution in [3.63, 3.8) is 0 Å². The fourth-order valence-electron chi connectivity index (χ4n) is 3.79. The largest absolute Gasteiger partial charge is 0.435 e. The molecule has 1 fully saturated rings. The molecular weight excluding hydrogens is 449 g/mol. The second-order valence-electron chi connectivity index (χ2n) is 7.73. The third kappa shape index (κ3) is 4.88. The fraction of sp³-hybridized carbons (Fsp3) is 0.261. The number of hydrogen-bond acceptors (Lipinski definition) is 7. The van der Waals surface area contributed by atoms with Crippen molar-refractivity contribution in [3.05, 3.63) is 60.5 Å². The Morgan fingerprint density at radius 1 is 0.941 bits per heavy atom. The summed E-state index contributed by atoms with van der Waals surface area (Å²) >= 11 is 0.